The normalized spacial score (nSPS) is 30.7. The number of carbonyl (C=O) groups excluding carboxylic acids is 1. The number of rotatable bonds is 2. The van der Waals surface area contributed by atoms with E-state index in [4.69, 9.17) is 9.15 Å². The molecule has 2 aliphatic rings. The summed E-state index contributed by atoms with van der Waals surface area (Å²) in [5.74, 6) is 1.14. The summed E-state index contributed by atoms with van der Waals surface area (Å²) in [5, 5.41) is 10.1. The molecule has 0 bridgehead atoms. The minimum absolute atomic E-state index is 0.0424. The van der Waals surface area contributed by atoms with Gasteiger partial charge in [-0.3, -0.25) is 4.79 Å². The van der Waals surface area contributed by atoms with Gasteiger partial charge in [0.25, 0.3) is 5.91 Å². The maximum atomic E-state index is 12.6. The van der Waals surface area contributed by atoms with Gasteiger partial charge in [0.2, 0.25) is 0 Å². The topological polar surface area (TPSA) is 62.9 Å². The summed E-state index contributed by atoms with van der Waals surface area (Å²) < 4.78 is 11.0. The quantitative estimate of drug-likeness (QED) is 0.893. The van der Waals surface area contributed by atoms with E-state index in [0.717, 1.165) is 25.0 Å². The first-order chi connectivity index (χ1) is 9.66. The van der Waals surface area contributed by atoms with Gasteiger partial charge in [0, 0.05) is 12.5 Å². The van der Waals surface area contributed by atoms with E-state index >= 15 is 0 Å². The number of ether oxygens (including phenoxy) is 1. The predicted octanol–water partition coefficient (Wildman–Crippen LogP) is 1.59. The minimum atomic E-state index is -0.324. The van der Waals surface area contributed by atoms with Crippen LogP contribution in [0.15, 0.2) is 16.5 Å². The summed E-state index contributed by atoms with van der Waals surface area (Å²) in [7, 11) is 0. The first kappa shape index (κ1) is 13.6. The van der Waals surface area contributed by atoms with Gasteiger partial charge in [-0.05, 0) is 31.9 Å². The minimum Gasteiger partial charge on any atom is -0.456 e. The van der Waals surface area contributed by atoms with Crippen LogP contribution in [0, 0.1) is 12.8 Å². The molecular weight excluding hydrogens is 258 g/mol. The van der Waals surface area contributed by atoms with E-state index in [1.807, 2.05) is 11.8 Å². The SMILES string of the molecule is Cc1ccc(C(=O)N2CCOC[C@@H]2[C@@H]2CCC[C@@H]2O)o1. The van der Waals surface area contributed by atoms with Crippen LogP contribution in [0.4, 0.5) is 0 Å². The first-order valence-corrected chi connectivity index (χ1v) is 7.30. The standard InChI is InChI=1S/C15H21NO4/c1-10-5-6-14(20-10)15(18)16-7-8-19-9-12(16)11-3-2-4-13(11)17/h5-6,11-13,17H,2-4,7-9H2,1H3/t11-,12+,13-/m0/s1. The second kappa shape index (κ2) is 5.58. The van der Waals surface area contributed by atoms with Crippen molar-refractivity contribution in [2.75, 3.05) is 19.8 Å². The van der Waals surface area contributed by atoms with Crippen molar-refractivity contribution in [1.29, 1.82) is 0 Å². The maximum Gasteiger partial charge on any atom is 0.289 e. The number of morpholine rings is 1. The van der Waals surface area contributed by atoms with E-state index in [1.165, 1.54) is 0 Å². The third-order valence-electron chi connectivity index (χ3n) is 4.40. The number of nitrogens with zero attached hydrogens (tertiary/aromatic N) is 1. The Bertz CT molecular complexity index is 484. The lowest BCUT2D eigenvalue weighted by Crippen LogP contribution is -2.53. The van der Waals surface area contributed by atoms with E-state index in [-0.39, 0.29) is 24.0 Å². The molecule has 3 rings (SSSR count). The fourth-order valence-corrected chi connectivity index (χ4v) is 3.34. The van der Waals surface area contributed by atoms with Crippen LogP contribution in [0.2, 0.25) is 0 Å². The number of furan rings is 1. The van der Waals surface area contributed by atoms with Crippen LogP contribution < -0.4 is 0 Å². The molecule has 1 aliphatic carbocycles. The van der Waals surface area contributed by atoms with E-state index in [9.17, 15) is 9.90 Å². The number of aryl methyl sites for hydroxylation is 1. The molecule has 0 radical (unpaired) electrons. The predicted molar refractivity (Wildman–Crippen MR) is 72.4 cm³/mol. The Morgan fingerprint density at radius 3 is 2.90 bits per heavy atom. The lowest BCUT2D eigenvalue weighted by Gasteiger charge is -2.39. The van der Waals surface area contributed by atoms with Crippen molar-refractivity contribution in [1.82, 2.24) is 4.90 Å². The van der Waals surface area contributed by atoms with Crippen LogP contribution in [0.25, 0.3) is 0 Å². The molecule has 1 N–H and O–H groups in total. The van der Waals surface area contributed by atoms with Crippen LogP contribution in [-0.2, 0) is 4.74 Å². The number of hydrogen-bond donors (Lipinski definition) is 1. The van der Waals surface area contributed by atoms with Gasteiger partial charge in [-0.1, -0.05) is 6.42 Å². The highest BCUT2D eigenvalue weighted by Crippen LogP contribution is 2.32. The highest BCUT2D eigenvalue weighted by molar-refractivity contribution is 5.91. The number of carbonyl (C=O) groups is 1. The Balaban J connectivity index is 1.79. The van der Waals surface area contributed by atoms with Crippen molar-refractivity contribution in [2.45, 2.75) is 38.3 Å². The largest absolute Gasteiger partial charge is 0.456 e. The Morgan fingerprint density at radius 2 is 2.25 bits per heavy atom. The van der Waals surface area contributed by atoms with Crippen LogP contribution in [-0.4, -0.2) is 47.8 Å². The second-order valence-corrected chi connectivity index (χ2v) is 5.71. The monoisotopic (exact) mass is 279 g/mol. The molecule has 2 fully saturated rings. The summed E-state index contributed by atoms with van der Waals surface area (Å²) in [6.45, 7) is 3.44. The number of amides is 1. The highest BCUT2D eigenvalue weighted by atomic mass is 16.5. The van der Waals surface area contributed by atoms with E-state index in [2.05, 4.69) is 0 Å². The average molecular weight is 279 g/mol. The Morgan fingerprint density at radius 1 is 1.40 bits per heavy atom. The second-order valence-electron chi connectivity index (χ2n) is 5.71. The van der Waals surface area contributed by atoms with Crippen molar-refractivity contribution in [3.8, 4) is 0 Å². The van der Waals surface area contributed by atoms with Gasteiger partial charge in [0.1, 0.15) is 5.76 Å². The zero-order valence-electron chi connectivity index (χ0n) is 11.7. The zero-order chi connectivity index (χ0) is 14.1. The van der Waals surface area contributed by atoms with E-state index in [0.29, 0.717) is 25.5 Å². The molecule has 1 aromatic heterocycles. The fraction of sp³-hybridized carbons (Fsp3) is 0.667. The third kappa shape index (κ3) is 2.47. The molecule has 1 saturated heterocycles. The lowest BCUT2D eigenvalue weighted by atomic mass is 9.94. The Kier molecular flexibility index (Phi) is 3.81. The van der Waals surface area contributed by atoms with Crippen LogP contribution in [0.3, 0.4) is 0 Å². The van der Waals surface area contributed by atoms with E-state index < -0.39 is 0 Å². The molecule has 0 unspecified atom stereocenters. The lowest BCUT2D eigenvalue weighted by molar-refractivity contribution is -0.0394. The zero-order valence-corrected chi connectivity index (χ0v) is 11.7. The number of aliphatic hydroxyl groups excluding tert-OH is 1. The molecule has 5 heteroatoms. The molecule has 0 aromatic carbocycles. The molecule has 1 aromatic rings. The third-order valence-corrected chi connectivity index (χ3v) is 4.40. The van der Waals surface area contributed by atoms with Crippen molar-refractivity contribution < 1.29 is 19.1 Å². The highest BCUT2D eigenvalue weighted by Gasteiger charge is 2.40. The fourth-order valence-electron chi connectivity index (χ4n) is 3.34. The Hall–Kier alpha value is -1.33. The molecule has 1 aliphatic heterocycles. The average Bonchev–Trinajstić information content (AvgIpc) is 3.07. The molecule has 110 valence electrons. The van der Waals surface area contributed by atoms with Gasteiger partial charge in [-0.25, -0.2) is 0 Å². The molecule has 3 atom stereocenters. The molecule has 0 spiro atoms. The summed E-state index contributed by atoms with van der Waals surface area (Å²) in [5.41, 5.74) is 0. The smallest absolute Gasteiger partial charge is 0.289 e. The summed E-state index contributed by atoms with van der Waals surface area (Å²) >= 11 is 0. The molecule has 5 nitrogen and oxygen atoms in total. The molecular formula is C15H21NO4. The first-order valence-electron chi connectivity index (χ1n) is 7.30. The van der Waals surface area contributed by atoms with E-state index in [1.54, 1.807) is 12.1 Å². The summed E-state index contributed by atoms with van der Waals surface area (Å²) in [6, 6.07) is 3.47. The summed E-state index contributed by atoms with van der Waals surface area (Å²) in [4.78, 5) is 14.4. The van der Waals surface area contributed by atoms with Crippen molar-refractivity contribution in [3.63, 3.8) is 0 Å². The van der Waals surface area contributed by atoms with Crippen LogP contribution in [0.1, 0.15) is 35.6 Å². The van der Waals surface area contributed by atoms with Crippen LogP contribution >= 0.6 is 0 Å². The van der Waals surface area contributed by atoms with Crippen molar-refractivity contribution in [3.05, 3.63) is 23.7 Å². The van der Waals surface area contributed by atoms with Crippen molar-refractivity contribution >= 4 is 5.91 Å². The molecule has 1 saturated carbocycles. The van der Waals surface area contributed by atoms with Gasteiger partial charge in [-0.15, -0.1) is 0 Å². The Labute approximate surface area is 118 Å². The molecule has 1 amide bonds. The van der Waals surface area contributed by atoms with Crippen molar-refractivity contribution in [2.24, 2.45) is 5.92 Å². The summed E-state index contributed by atoms with van der Waals surface area (Å²) in [6.07, 6.45) is 2.47. The number of hydrogen-bond acceptors (Lipinski definition) is 4. The van der Waals surface area contributed by atoms with Gasteiger partial charge in [0.15, 0.2) is 5.76 Å². The van der Waals surface area contributed by atoms with Gasteiger partial charge >= 0.3 is 0 Å². The van der Waals surface area contributed by atoms with Gasteiger partial charge in [0.05, 0.1) is 25.4 Å². The number of aliphatic hydroxyl groups is 1. The van der Waals surface area contributed by atoms with Gasteiger partial charge in [-0.2, -0.15) is 0 Å². The maximum absolute atomic E-state index is 12.6. The molecule has 20 heavy (non-hydrogen) atoms. The molecule has 2 heterocycles. The van der Waals surface area contributed by atoms with Gasteiger partial charge < -0.3 is 19.2 Å². The van der Waals surface area contributed by atoms with Crippen LogP contribution in [0.5, 0.6) is 0 Å².